The van der Waals surface area contributed by atoms with E-state index in [0.717, 1.165) is 5.56 Å². The number of hydrogen-bond acceptors (Lipinski definition) is 4. The molecule has 6 nitrogen and oxygen atoms in total. The van der Waals surface area contributed by atoms with Crippen molar-refractivity contribution >= 4 is 11.8 Å². The van der Waals surface area contributed by atoms with Gasteiger partial charge in [0.25, 0.3) is 0 Å². The van der Waals surface area contributed by atoms with Crippen LogP contribution >= 0.6 is 0 Å². The maximum absolute atomic E-state index is 12.9. The first-order chi connectivity index (χ1) is 11.2. The summed E-state index contributed by atoms with van der Waals surface area (Å²) < 4.78 is 0. The largest absolute Gasteiger partial charge is 0.355 e. The summed E-state index contributed by atoms with van der Waals surface area (Å²) in [4.78, 5) is 24.4. The molecule has 1 aliphatic heterocycles. The number of rotatable bonds is 4. The summed E-state index contributed by atoms with van der Waals surface area (Å²) in [5.74, 6) is -0.118. The highest BCUT2D eigenvalue weighted by molar-refractivity contribution is 5.91. The van der Waals surface area contributed by atoms with Gasteiger partial charge in [0.05, 0.1) is 17.7 Å². The molecule has 2 heterocycles. The highest BCUT2D eigenvalue weighted by Gasteiger charge is 2.42. The molecule has 1 saturated heterocycles. The molecule has 6 heteroatoms. The zero-order valence-electron chi connectivity index (χ0n) is 12.7. The zero-order valence-corrected chi connectivity index (χ0v) is 12.7. The fourth-order valence-electron chi connectivity index (χ4n) is 2.85. The second-order valence-corrected chi connectivity index (χ2v) is 5.62. The van der Waals surface area contributed by atoms with E-state index < -0.39 is 5.41 Å². The van der Waals surface area contributed by atoms with Crippen LogP contribution in [0.15, 0.2) is 48.7 Å². The van der Waals surface area contributed by atoms with Crippen molar-refractivity contribution in [2.24, 2.45) is 0 Å². The lowest BCUT2D eigenvalue weighted by Gasteiger charge is -2.36. The minimum absolute atomic E-state index is 0.0155. The van der Waals surface area contributed by atoms with Crippen molar-refractivity contribution in [3.63, 3.8) is 0 Å². The Morgan fingerprint density at radius 2 is 2.04 bits per heavy atom. The Balaban J connectivity index is 1.81. The monoisotopic (exact) mass is 310 g/mol. The molecule has 0 saturated carbocycles. The third-order valence-electron chi connectivity index (χ3n) is 4.18. The van der Waals surface area contributed by atoms with Gasteiger partial charge in [0.15, 0.2) is 0 Å². The van der Waals surface area contributed by atoms with Crippen LogP contribution in [0.25, 0.3) is 0 Å². The number of carbonyl (C=O) groups excluding carboxylic acids is 2. The maximum atomic E-state index is 12.9. The van der Waals surface area contributed by atoms with Crippen molar-refractivity contribution in [2.75, 3.05) is 6.54 Å². The maximum Gasteiger partial charge on any atom is 0.232 e. The van der Waals surface area contributed by atoms with Gasteiger partial charge in [-0.1, -0.05) is 30.3 Å². The number of piperidine rings is 1. The third-order valence-corrected chi connectivity index (χ3v) is 4.18. The van der Waals surface area contributed by atoms with E-state index in [9.17, 15) is 9.59 Å². The van der Waals surface area contributed by atoms with Crippen molar-refractivity contribution < 1.29 is 9.59 Å². The van der Waals surface area contributed by atoms with E-state index in [2.05, 4.69) is 20.8 Å². The van der Waals surface area contributed by atoms with E-state index in [1.54, 1.807) is 12.3 Å². The van der Waals surface area contributed by atoms with Crippen LogP contribution in [0.1, 0.15) is 24.1 Å². The lowest BCUT2D eigenvalue weighted by Crippen LogP contribution is -2.55. The Labute approximate surface area is 134 Å². The summed E-state index contributed by atoms with van der Waals surface area (Å²) in [6.07, 6.45) is 2.43. The van der Waals surface area contributed by atoms with E-state index in [-0.39, 0.29) is 11.8 Å². The van der Waals surface area contributed by atoms with Gasteiger partial charge in [0.1, 0.15) is 0 Å². The first kappa shape index (κ1) is 15.1. The van der Waals surface area contributed by atoms with Crippen LogP contribution in [0.2, 0.25) is 0 Å². The van der Waals surface area contributed by atoms with Gasteiger partial charge in [-0.2, -0.15) is 10.2 Å². The van der Waals surface area contributed by atoms with Crippen LogP contribution in [0, 0.1) is 0 Å². The summed E-state index contributed by atoms with van der Waals surface area (Å²) in [5.41, 5.74) is 0.873. The second kappa shape index (κ2) is 6.56. The average molecular weight is 310 g/mol. The molecule has 0 bridgehead atoms. The normalized spacial score (nSPS) is 20.6. The fraction of sp³-hybridized carbons (Fsp3) is 0.294. The first-order valence-electron chi connectivity index (χ1n) is 7.58. The molecule has 1 aromatic heterocycles. The predicted molar refractivity (Wildman–Crippen MR) is 84.2 cm³/mol. The van der Waals surface area contributed by atoms with Gasteiger partial charge in [0, 0.05) is 19.2 Å². The zero-order chi connectivity index (χ0) is 16.1. The topological polar surface area (TPSA) is 84.0 Å². The van der Waals surface area contributed by atoms with Crippen LogP contribution in [0.4, 0.5) is 0 Å². The van der Waals surface area contributed by atoms with E-state index >= 15 is 0 Å². The molecule has 0 spiro atoms. The number of carbonyl (C=O) groups is 2. The predicted octanol–water partition coefficient (Wildman–Crippen LogP) is 0.941. The minimum Gasteiger partial charge on any atom is -0.355 e. The van der Waals surface area contributed by atoms with Crippen LogP contribution in [0.5, 0.6) is 0 Å². The number of nitrogens with zero attached hydrogens (tertiary/aromatic N) is 2. The lowest BCUT2D eigenvalue weighted by atomic mass is 9.73. The molecule has 1 aromatic carbocycles. The SMILES string of the molecule is O=C1CCC(C(=O)NCc2cccnn2)(c2ccccc2)CN1. The highest BCUT2D eigenvalue weighted by atomic mass is 16.2. The van der Waals surface area contributed by atoms with E-state index in [1.165, 1.54) is 0 Å². The van der Waals surface area contributed by atoms with Crippen molar-refractivity contribution in [3.05, 3.63) is 59.9 Å². The number of aromatic nitrogens is 2. The molecule has 1 fully saturated rings. The van der Waals surface area contributed by atoms with Crippen LogP contribution in [-0.2, 0) is 21.5 Å². The Bertz CT molecular complexity index is 678. The summed E-state index contributed by atoms with van der Waals surface area (Å²) in [6, 6.07) is 13.2. The summed E-state index contributed by atoms with van der Waals surface area (Å²) in [7, 11) is 0. The molecule has 1 atom stereocenters. The second-order valence-electron chi connectivity index (χ2n) is 5.62. The quantitative estimate of drug-likeness (QED) is 0.880. The van der Waals surface area contributed by atoms with E-state index in [1.807, 2.05) is 36.4 Å². The van der Waals surface area contributed by atoms with Gasteiger partial charge in [-0.15, -0.1) is 0 Å². The van der Waals surface area contributed by atoms with Gasteiger partial charge in [-0.05, 0) is 24.1 Å². The lowest BCUT2D eigenvalue weighted by molar-refractivity contribution is -0.131. The molecule has 2 aromatic rings. The van der Waals surface area contributed by atoms with E-state index in [0.29, 0.717) is 31.6 Å². The molecule has 1 unspecified atom stereocenters. The standard InChI is InChI=1S/C17H18N4O2/c22-15-8-9-17(12-19-15,13-5-2-1-3-6-13)16(23)18-11-14-7-4-10-20-21-14/h1-7,10H,8-9,11-12H2,(H,18,23)(H,19,22). The molecule has 118 valence electrons. The highest BCUT2D eigenvalue weighted by Crippen LogP contribution is 2.32. The van der Waals surface area contributed by atoms with Gasteiger partial charge in [-0.3, -0.25) is 9.59 Å². The minimum atomic E-state index is -0.739. The average Bonchev–Trinajstić information content (AvgIpc) is 2.62. The molecule has 3 rings (SSSR count). The number of hydrogen-bond donors (Lipinski definition) is 2. The number of nitrogens with one attached hydrogen (secondary N) is 2. The van der Waals surface area contributed by atoms with E-state index in [4.69, 9.17) is 0 Å². The van der Waals surface area contributed by atoms with Crippen molar-refractivity contribution in [1.29, 1.82) is 0 Å². The van der Waals surface area contributed by atoms with Gasteiger partial charge in [-0.25, -0.2) is 0 Å². The Kier molecular flexibility index (Phi) is 4.32. The molecule has 2 amide bonds. The summed E-state index contributed by atoms with van der Waals surface area (Å²) in [6.45, 7) is 0.622. The van der Waals surface area contributed by atoms with Crippen LogP contribution in [0.3, 0.4) is 0 Å². The molecule has 2 N–H and O–H groups in total. The van der Waals surface area contributed by atoms with Crippen LogP contribution in [-0.4, -0.2) is 28.6 Å². The van der Waals surface area contributed by atoms with Gasteiger partial charge < -0.3 is 10.6 Å². The Morgan fingerprint density at radius 3 is 2.70 bits per heavy atom. The molecule has 23 heavy (non-hydrogen) atoms. The Morgan fingerprint density at radius 1 is 1.22 bits per heavy atom. The number of amides is 2. The molecular formula is C17H18N4O2. The van der Waals surface area contributed by atoms with Gasteiger partial charge >= 0.3 is 0 Å². The molecular weight excluding hydrogens is 292 g/mol. The van der Waals surface area contributed by atoms with Crippen molar-refractivity contribution in [1.82, 2.24) is 20.8 Å². The summed E-state index contributed by atoms with van der Waals surface area (Å²) in [5, 5.41) is 13.5. The third kappa shape index (κ3) is 3.21. The number of benzene rings is 1. The fourth-order valence-corrected chi connectivity index (χ4v) is 2.85. The van der Waals surface area contributed by atoms with Crippen LogP contribution < -0.4 is 10.6 Å². The van der Waals surface area contributed by atoms with Gasteiger partial charge in [0.2, 0.25) is 11.8 Å². The molecule has 1 aliphatic rings. The van der Waals surface area contributed by atoms with Crippen molar-refractivity contribution in [2.45, 2.75) is 24.8 Å². The molecule has 0 radical (unpaired) electrons. The first-order valence-corrected chi connectivity index (χ1v) is 7.58. The molecule has 0 aliphatic carbocycles. The smallest absolute Gasteiger partial charge is 0.232 e. The summed E-state index contributed by atoms with van der Waals surface area (Å²) >= 11 is 0. The Hall–Kier alpha value is -2.76. The van der Waals surface area contributed by atoms with Crippen molar-refractivity contribution in [3.8, 4) is 0 Å².